The Bertz CT molecular complexity index is 1090. The van der Waals surface area contributed by atoms with Gasteiger partial charge in [-0.25, -0.2) is 0 Å². The number of ketones is 1. The summed E-state index contributed by atoms with van der Waals surface area (Å²) in [5.41, 5.74) is 2.67. The maximum Gasteiger partial charge on any atom is 0.263 e. The maximum atomic E-state index is 13.6. The predicted molar refractivity (Wildman–Crippen MR) is 102 cm³/mol. The van der Waals surface area contributed by atoms with E-state index in [1.165, 1.54) is 0 Å². The molecule has 2 heterocycles. The van der Waals surface area contributed by atoms with Gasteiger partial charge in [-0.3, -0.25) is 14.5 Å². The van der Waals surface area contributed by atoms with Gasteiger partial charge in [0, 0.05) is 12.0 Å². The van der Waals surface area contributed by atoms with Gasteiger partial charge in [0.05, 0.1) is 18.4 Å². The zero-order valence-electron chi connectivity index (χ0n) is 14.8. The Hall–Kier alpha value is -3.40. The second-order valence-electron chi connectivity index (χ2n) is 6.87. The third-order valence-electron chi connectivity index (χ3n) is 5.60. The number of para-hydroxylation sites is 1. The molecular formula is C23H17NO3. The molecule has 0 saturated carbocycles. The van der Waals surface area contributed by atoms with E-state index < -0.39 is 5.54 Å². The third-order valence-corrected chi connectivity index (χ3v) is 5.60. The van der Waals surface area contributed by atoms with Gasteiger partial charge >= 0.3 is 0 Å². The van der Waals surface area contributed by atoms with Crippen molar-refractivity contribution in [2.24, 2.45) is 0 Å². The molecule has 3 aromatic rings. The molecule has 1 amide bonds. The molecule has 1 atom stereocenters. The number of fused-ring (bicyclic) bond motifs is 5. The van der Waals surface area contributed by atoms with Crippen molar-refractivity contribution in [2.45, 2.75) is 12.0 Å². The van der Waals surface area contributed by atoms with Crippen LogP contribution in [0.15, 0.2) is 72.8 Å². The van der Waals surface area contributed by atoms with E-state index in [2.05, 4.69) is 0 Å². The lowest BCUT2D eigenvalue weighted by atomic mass is 9.75. The van der Waals surface area contributed by atoms with Crippen molar-refractivity contribution < 1.29 is 14.3 Å². The highest BCUT2D eigenvalue weighted by atomic mass is 16.5. The van der Waals surface area contributed by atoms with Crippen LogP contribution in [0.5, 0.6) is 5.75 Å². The van der Waals surface area contributed by atoms with E-state index >= 15 is 0 Å². The van der Waals surface area contributed by atoms with Gasteiger partial charge < -0.3 is 4.74 Å². The molecule has 0 fully saturated rings. The molecule has 0 aromatic heterocycles. The van der Waals surface area contributed by atoms with Crippen LogP contribution >= 0.6 is 0 Å². The molecule has 132 valence electrons. The number of benzene rings is 3. The Morgan fingerprint density at radius 3 is 2.41 bits per heavy atom. The first-order valence-corrected chi connectivity index (χ1v) is 8.88. The van der Waals surface area contributed by atoms with Gasteiger partial charge in [0.25, 0.3) is 5.91 Å². The molecule has 2 aliphatic heterocycles. The number of hydrogen-bond donors (Lipinski definition) is 0. The molecule has 3 aromatic carbocycles. The summed E-state index contributed by atoms with van der Waals surface area (Å²) in [5.74, 6) is 0.438. The van der Waals surface area contributed by atoms with E-state index in [-0.39, 0.29) is 18.1 Å². The minimum Gasteiger partial charge on any atom is -0.496 e. The number of methoxy groups -OCH3 is 1. The molecule has 1 unspecified atom stereocenters. The van der Waals surface area contributed by atoms with E-state index in [9.17, 15) is 9.59 Å². The number of hydrogen-bond acceptors (Lipinski definition) is 3. The summed E-state index contributed by atoms with van der Waals surface area (Å²) < 4.78 is 5.50. The summed E-state index contributed by atoms with van der Waals surface area (Å²) in [6, 6.07) is 22.7. The van der Waals surface area contributed by atoms with Crippen molar-refractivity contribution in [1.82, 2.24) is 0 Å². The van der Waals surface area contributed by atoms with Crippen molar-refractivity contribution in [2.75, 3.05) is 12.0 Å². The summed E-state index contributed by atoms with van der Waals surface area (Å²) >= 11 is 0. The lowest BCUT2D eigenvalue weighted by Crippen LogP contribution is -2.50. The molecule has 0 radical (unpaired) electrons. The summed E-state index contributed by atoms with van der Waals surface area (Å²) in [6.07, 6.45) is 0.208. The molecule has 0 aliphatic carbocycles. The number of carbonyl (C=O) groups is 2. The Kier molecular flexibility index (Phi) is 3.25. The summed E-state index contributed by atoms with van der Waals surface area (Å²) in [7, 11) is 1.56. The van der Waals surface area contributed by atoms with Crippen LogP contribution in [-0.4, -0.2) is 18.8 Å². The third kappa shape index (κ3) is 1.92. The van der Waals surface area contributed by atoms with Crippen LogP contribution in [0.25, 0.3) is 0 Å². The topological polar surface area (TPSA) is 46.6 Å². The fourth-order valence-corrected chi connectivity index (χ4v) is 4.49. The van der Waals surface area contributed by atoms with Gasteiger partial charge in [0.2, 0.25) is 0 Å². The normalized spacial score (nSPS) is 20.1. The largest absolute Gasteiger partial charge is 0.496 e. The van der Waals surface area contributed by atoms with Crippen molar-refractivity contribution >= 4 is 17.4 Å². The first-order chi connectivity index (χ1) is 13.2. The average molecular weight is 355 g/mol. The van der Waals surface area contributed by atoms with Crippen molar-refractivity contribution in [3.05, 3.63) is 95.1 Å². The Labute approximate surface area is 157 Å². The summed E-state index contributed by atoms with van der Waals surface area (Å²) in [4.78, 5) is 28.5. The van der Waals surface area contributed by atoms with Crippen molar-refractivity contribution in [3.8, 4) is 5.75 Å². The minimum absolute atomic E-state index is 0.0363. The van der Waals surface area contributed by atoms with E-state index in [0.29, 0.717) is 22.6 Å². The lowest BCUT2D eigenvalue weighted by Gasteiger charge is -2.43. The molecule has 0 N–H and O–H groups in total. The number of Topliss-reactive ketones (excluding diaryl/α,β-unsaturated/α-hetero) is 1. The number of nitrogens with zero attached hydrogens (tertiary/aromatic N) is 1. The Balaban J connectivity index is 1.91. The van der Waals surface area contributed by atoms with Crippen LogP contribution in [-0.2, 0) is 5.54 Å². The van der Waals surface area contributed by atoms with E-state index in [0.717, 1.165) is 11.1 Å². The Morgan fingerprint density at radius 1 is 0.889 bits per heavy atom. The molecule has 4 nitrogen and oxygen atoms in total. The zero-order chi connectivity index (χ0) is 18.6. The number of amides is 1. The molecule has 0 spiro atoms. The number of rotatable bonds is 2. The zero-order valence-corrected chi connectivity index (χ0v) is 14.8. The molecule has 4 heteroatoms. The monoisotopic (exact) mass is 355 g/mol. The summed E-state index contributed by atoms with van der Waals surface area (Å²) in [6.45, 7) is 0. The van der Waals surface area contributed by atoms with Crippen molar-refractivity contribution in [1.29, 1.82) is 0 Å². The fraction of sp³-hybridized carbons (Fsp3) is 0.130. The first kappa shape index (κ1) is 15.8. The van der Waals surface area contributed by atoms with Gasteiger partial charge in [-0.15, -0.1) is 0 Å². The van der Waals surface area contributed by atoms with E-state index in [4.69, 9.17) is 4.74 Å². The van der Waals surface area contributed by atoms with Crippen LogP contribution in [0.2, 0.25) is 0 Å². The first-order valence-electron chi connectivity index (χ1n) is 8.88. The highest BCUT2D eigenvalue weighted by Crippen LogP contribution is 2.54. The summed E-state index contributed by atoms with van der Waals surface area (Å²) in [5, 5.41) is 0. The van der Waals surface area contributed by atoms with Gasteiger partial charge in [0.1, 0.15) is 11.3 Å². The van der Waals surface area contributed by atoms with Gasteiger partial charge in [-0.2, -0.15) is 0 Å². The van der Waals surface area contributed by atoms with Crippen molar-refractivity contribution in [3.63, 3.8) is 0 Å². The SMILES string of the molecule is COc1cccc2c1C(=O)N1c3ccccc3C(=O)CC21c1ccccc1. The molecular weight excluding hydrogens is 338 g/mol. The van der Waals surface area contributed by atoms with Crippen LogP contribution in [0.3, 0.4) is 0 Å². The number of anilines is 1. The van der Waals surface area contributed by atoms with Crippen LogP contribution < -0.4 is 9.64 Å². The maximum absolute atomic E-state index is 13.6. The van der Waals surface area contributed by atoms with Crippen LogP contribution in [0.4, 0.5) is 5.69 Å². The number of ether oxygens (including phenoxy) is 1. The molecule has 2 aliphatic rings. The fourth-order valence-electron chi connectivity index (χ4n) is 4.49. The van der Waals surface area contributed by atoms with E-state index in [1.54, 1.807) is 24.1 Å². The van der Waals surface area contributed by atoms with Gasteiger partial charge in [-0.05, 0) is 29.3 Å². The van der Waals surface area contributed by atoms with Gasteiger partial charge in [-0.1, -0.05) is 54.6 Å². The van der Waals surface area contributed by atoms with Gasteiger partial charge in [0.15, 0.2) is 5.78 Å². The smallest absolute Gasteiger partial charge is 0.263 e. The lowest BCUT2D eigenvalue weighted by molar-refractivity contribution is 0.0922. The Morgan fingerprint density at radius 2 is 1.63 bits per heavy atom. The minimum atomic E-state index is -0.854. The van der Waals surface area contributed by atoms with Crippen LogP contribution in [0.1, 0.15) is 38.3 Å². The highest BCUT2D eigenvalue weighted by molar-refractivity contribution is 6.20. The second kappa shape index (κ2) is 5.55. The highest BCUT2D eigenvalue weighted by Gasteiger charge is 2.56. The van der Waals surface area contributed by atoms with E-state index in [1.807, 2.05) is 60.7 Å². The molecule has 0 bridgehead atoms. The molecule has 5 rings (SSSR count). The average Bonchev–Trinajstić information content (AvgIpc) is 2.98. The predicted octanol–water partition coefficient (Wildman–Crippen LogP) is 4.19. The molecule has 0 saturated heterocycles. The standard InChI is InChI=1S/C23H17NO3/c1-27-20-13-7-11-17-21(20)22(26)24-18-12-6-5-10-16(18)19(25)14-23(17,24)15-8-3-2-4-9-15/h2-13H,14H2,1H3. The van der Waals surface area contributed by atoms with Crippen LogP contribution in [0, 0.1) is 0 Å². The molecule has 27 heavy (non-hydrogen) atoms. The second-order valence-corrected chi connectivity index (χ2v) is 6.87. The number of carbonyl (C=O) groups excluding carboxylic acids is 2. The quantitative estimate of drug-likeness (QED) is 0.693.